The molecular weight excluding hydrogens is 216 g/mol. The van der Waals surface area contributed by atoms with Crippen molar-refractivity contribution in [3.8, 4) is 0 Å². The van der Waals surface area contributed by atoms with Crippen LogP contribution in [0.15, 0.2) is 0 Å². The molecule has 1 atom stereocenters. The Balaban J connectivity index is 0. The van der Waals surface area contributed by atoms with Gasteiger partial charge in [0.25, 0.3) is 0 Å². The fraction of sp³-hybridized carbons (Fsp3) is 0.667. The second kappa shape index (κ2) is 9.91. The van der Waals surface area contributed by atoms with E-state index < -0.39 is 23.9 Å². The molecule has 0 radical (unpaired) electrons. The Labute approximate surface area is 93.4 Å². The fourth-order valence-corrected chi connectivity index (χ4v) is 0.635. The Bertz CT molecular complexity index is 242. The fourth-order valence-electron chi connectivity index (χ4n) is 0.635. The van der Waals surface area contributed by atoms with Crippen molar-refractivity contribution in [3.05, 3.63) is 0 Å². The van der Waals surface area contributed by atoms with Gasteiger partial charge in [-0.1, -0.05) is 6.92 Å². The molecule has 94 valence electrons. The van der Waals surface area contributed by atoms with Crippen molar-refractivity contribution >= 4 is 17.8 Å². The van der Waals surface area contributed by atoms with Crippen LogP contribution in [-0.4, -0.2) is 34.1 Å². The summed E-state index contributed by atoms with van der Waals surface area (Å²) in [5, 5.41) is 16.1. The third-order valence-electron chi connectivity index (χ3n) is 1.48. The van der Waals surface area contributed by atoms with E-state index >= 15 is 0 Å². The van der Waals surface area contributed by atoms with Gasteiger partial charge in [0, 0.05) is 12.8 Å². The number of carboxylic acids is 2. The van der Waals surface area contributed by atoms with E-state index in [0.717, 1.165) is 6.42 Å². The zero-order chi connectivity index (χ0) is 13.1. The van der Waals surface area contributed by atoms with Crippen LogP contribution in [0.1, 0.15) is 32.6 Å². The largest absolute Gasteiger partial charge is 0.481 e. The maximum atomic E-state index is 10.1. The molecule has 0 spiro atoms. The van der Waals surface area contributed by atoms with E-state index in [1.54, 1.807) is 0 Å². The molecule has 16 heavy (non-hydrogen) atoms. The predicted molar refractivity (Wildman–Crippen MR) is 56.6 cm³/mol. The van der Waals surface area contributed by atoms with E-state index in [4.69, 9.17) is 21.7 Å². The smallest absolute Gasteiger partial charge is 0.320 e. The molecular formula is C9H18N2O5. The third kappa shape index (κ3) is 14.9. The topological polar surface area (TPSA) is 144 Å². The SMILES string of the molecule is CCCC(=O)O.NC(=O)CC[C@H](N)C(=O)O. The van der Waals surface area contributed by atoms with Crippen molar-refractivity contribution in [2.75, 3.05) is 0 Å². The molecule has 0 saturated heterocycles. The molecule has 7 heteroatoms. The minimum Gasteiger partial charge on any atom is -0.481 e. The first-order valence-corrected chi connectivity index (χ1v) is 4.79. The molecule has 0 bridgehead atoms. The Morgan fingerprint density at radius 1 is 1.19 bits per heavy atom. The van der Waals surface area contributed by atoms with Gasteiger partial charge < -0.3 is 21.7 Å². The molecule has 7 nitrogen and oxygen atoms in total. The number of rotatable bonds is 6. The molecule has 1 amide bonds. The van der Waals surface area contributed by atoms with Crippen LogP contribution in [0.25, 0.3) is 0 Å². The van der Waals surface area contributed by atoms with E-state index in [-0.39, 0.29) is 12.8 Å². The van der Waals surface area contributed by atoms with Gasteiger partial charge in [-0.25, -0.2) is 0 Å². The highest BCUT2D eigenvalue weighted by atomic mass is 16.4. The highest BCUT2D eigenvalue weighted by molar-refractivity contribution is 5.76. The zero-order valence-electron chi connectivity index (χ0n) is 9.18. The van der Waals surface area contributed by atoms with Crippen LogP contribution in [0.4, 0.5) is 0 Å². The van der Waals surface area contributed by atoms with Crippen LogP contribution in [-0.2, 0) is 14.4 Å². The number of carbonyl (C=O) groups excluding carboxylic acids is 1. The van der Waals surface area contributed by atoms with Crippen molar-refractivity contribution in [3.63, 3.8) is 0 Å². The Hall–Kier alpha value is -1.63. The van der Waals surface area contributed by atoms with Crippen LogP contribution in [0.3, 0.4) is 0 Å². The summed E-state index contributed by atoms with van der Waals surface area (Å²) in [6.07, 6.45) is 1.15. The number of carbonyl (C=O) groups is 3. The number of hydrogen-bond donors (Lipinski definition) is 4. The predicted octanol–water partition coefficient (Wildman–Crippen LogP) is -0.465. The van der Waals surface area contributed by atoms with Crippen LogP contribution < -0.4 is 11.5 Å². The quantitative estimate of drug-likeness (QED) is 0.489. The van der Waals surface area contributed by atoms with Crippen LogP contribution in [0.2, 0.25) is 0 Å². The summed E-state index contributed by atoms with van der Waals surface area (Å²) in [6.45, 7) is 1.84. The number of carboxylic acid groups (broad SMARTS) is 2. The van der Waals surface area contributed by atoms with E-state index in [1.807, 2.05) is 6.92 Å². The van der Waals surface area contributed by atoms with Crippen molar-refractivity contribution in [2.24, 2.45) is 11.5 Å². The van der Waals surface area contributed by atoms with Crippen LogP contribution in [0, 0.1) is 0 Å². The molecule has 0 fully saturated rings. The van der Waals surface area contributed by atoms with E-state index in [9.17, 15) is 14.4 Å². The van der Waals surface area contributed by atoms with Gasteiger partial charge in [0.05, 0.1) is 0 Å². The monoisotopic (exact) mass is 234 g/mol. The molecule has 0 aliphatic carbocycles. The maximum Gasteiger partial charge on any atom is 0.320 e. The van der Waals surface area contributed by atoms with Crippen molar-refractivity contribution in [2.45, 2.75) is 38.6 Å². The highest BCUT2D eigenvalue weighted by Crippen LogP contribution is 1.92. The number of aliphatic carboxylic acids is 2. The first-order valence-electron chi connectivity index (χ1n) is 4.79. The first-order chi connectivity index (χ1) is 7.31. The summed E-state index contributed by atoms with van der Waals surface area (Å²) in [6, 6.07) is -0.979. The second-order valence-electron chi connectivity index (χ2n) is 3.09. The third-order valence-corrected chi connectivity index (χ3v) is 1.48. The molecule has 0 aliphatic heterocycles. The minimum atomic E-state index is -1.11. The molecule has 0 aromatic heterocycles. The molecule has 0 aliphatic rings. The molecule has 0 rings (SSSR count). The molecule has 0 aromatic rings. The molecule has 0 saturated carbocycles. The summed E-state index contributed by atoms with van der Waals surface area (Å²) < 4.78 is 0. The Kier molecular flexibility index (Phi) is 10.4. The highest BCUT2D eigenvalue weighted by Gasteiger charge is 2.11. The molecule has 0 aromatic carbocycles. The van der Waals surface area contributed by atoms with E-state index in [2.05, 4.69) is 0 Å². The average molecular weight is 234 g/mol. The van der Waals surface area contributed by atoms with Gasteiger partial charge >= 0.3 is 11.9 Å². The minimum absolute atomic E-state index is 0.0213. The number of hydrogen-bond acceptors (Lipinski definition) is 4. The Morgan fingerprint density at radius 3 is 1.88 bits per heavy atom. The van der Waals surface area contributed by atoms with Gasteiger partial charge in [-0.2, -0.15) is 0 Å². The van der Waals surface area contributed by atoms with Crippen molar-refractivity contribution in [1.29, 1.82) is 0 Å². The molecule has 0 unspecified atom stereocenters. The van der Waals surface area contributed by atoms with Gasteiger partial charge in [0.1, 0.15) is 6.04 Å². The number of amides is 1. The molecule has 0 heterocycles. The summed E-state index contributed by atoms with van der Waals surface area (Å²) in [5.74, 6) is -2.35. The summed E-state index contributed by atoms with van der Waals surface area (Å²) >= 11 is 0. The summed E-state index contributed by atoms with van der Waals surface area (Å²) in [7, 11) is 0. The summed E-state index contributed by atoms with van der Waals surface area (Å²) in [4.78, 5) is 29.7. The van der Waals surface area contributed by atoms with Crippen molar-refractivity contribution < 1.29 is 24.6 Å². The number of nitrogens with two attached hydrogens (primary N) is 2. The lowest BCUT2D eigenvalue weighted by Gasteiger charge is -2.01. The average Bonchev–Trinajstić information content (AvgIpc) is 2.14. The summed E-state index contributed by atoms with van der Waals surface area (Å²) in [5.41, 5.74) is 9.81. The van der Waals surface area contributed by atoms with E-state index in [1.165, 1.54) is 0 Å². The zero-order valence-corrected chi connectivity index (χ0v) is 9.18. The van der Waals surface area contributed by atoms with Crippen molar-refractivity contribution in [1.82, 2.24) is 0 Å². The van der Waals surface area contributed by atoms with Gasteiger partial charge in [0.2, 0.25) is 5.91 Å². The Morgan fingerprint density at radius 2 is 1.69 bits per heavy atom. The van der Waals surface area contributed by atoms with Crippen LogP contribution >= 0.6 is 0 Å². The van der Waals surface area contributed by atoms with Gasteiger partial charge in [-0.3, -0.25) is 14.4 Å². The lowest BCUT2D eigenvalue weighted by atomic mass is 10.2. The standard InChI is InChI=1S/C5H10N2O3.C4H8O2/c6-3(5(9)10)1-2-4(7)8;1-2-3-4(5)6/h3H,1-2,6H2,(H2,7,8)(H,9,10);2-3H2,1H3,(H,5,6)/t3-;/m0./s1. The maximum absolute atomic E-state index is 10.1. The van der Waals surface area contributed by atoms with Gasteiger partial charge in [-0.15, -0.1) is 0 Å². The van der Waals surface area contributed by atoms with E-state index in [0.29, 0.717) is 6.42 Å². The second-order valence-corrected chi connectivity index (χ2v) is 3.09. The lowest BCUT2D eigenvalue weighted by Crippen LogP contribution is -2.31. The van der Waals surface area contributed by atoms with Gasteiger partial charge in [-0.05, 0) is 12.8 Å². The first kappa shape index (κ1) is 16.8. The molecule has 6 N–H and O–H groups in total. The number of primary amides is 1. The normalized spacial score (nSPS) is 10.9. The van der Waals surface area contributed by atoms with Gasteiger partial charge in [0.15, 0.2) is 0 Å². The lowest BCUT2D eigenvalue weighted by molar-refractivity contribution is -0.139. The van der Waals surface area contributed by atoms with Crippen LogP contribution in [0.5, 0.6) is 0 Å².